The Morgan fingerprint density at radius 3 is 2.75 bits per heavy atom. The van der Waals surface area contributed by atoms with Crippen LogP contribution in [0.1, 0.15) is 37.7 Å². The Balaban J connectivity index is 1.50. The average Bonchev–Trinajstić information content (AvgIpc) is 3.12. The van der Waals surface area contributed by atoms with Gasteiger partial charge in [-0.15, -0.1) is 0 Å². The summed E-state index contributed by atoms with van der Waals surface area (Å²) in [5.41, 5.74) is 2.60. The highest BCUT2D eigenvalue weighted by molar-refractivity contribution is 5.54. The van der Waals surface area contributed by atoms with Crippen molar-refractivity contribution in [1.29, 1.82) is 0 Å². The summed E-state index contributed by atoms with van der Waals surface area (Å²) in [6.45, 7) is 2.18. The monoisotopic (exact) mass is 271 g/mol. The van der Waals surface area contributed by atoms with Crippen LogP contribution >= 0.6 is 0 Å². The molecule has 3 aliphatic rings. The third kappa shape index (κ3) is 1.84. The summed E-state index contributed by atoms with van der Waals surface area (Å²) in [5, 5.41) is 3.85. The maximum Gasteiger partial charge on any atom is 0.119 e. The third-order valence-corrected chi connectivity index (χ3v) is 6.20. The minimum absolute atomic E-state index is 0.714. The van der Waals surface area contributed by atoms with Crippen LogP contribution in [0.2, 0.25) is 0 Å². The van der Waals surface area contributed by atoms with Crippen molar-refractivity contribution in [2.75, 3.05) is 12.4 Å². The fourth-order valence-electron chi connectivity index (χ4n) is 5.36. The van der Waals surface area contributed by atoms with Gasteiger partial charge in [0.25, 0.3) is 0 Å². The Hall–Kier alpha value is -1.18. The van der Waals surface area contributed by atoms with Crippen LogP contribution in [0.25, 0.3) is 0 Å². The summed E-state index contributed by atoms with van der Waals surface area (Å²) in [4.78, 5) is 0. The fourth-order valence-corrected chi connectivity index (χ4v) is 5.36. The van der Waals surface area contributed by atoms with E-state index in [0.717, 1.165) is 29.4 Å². The lowest BCUT2D eigenvalue weighted by Gasteiger charge is -2.33. The smallest absolute Gasteiger partial charge is 0.119 e. The molecule has 1 aromatic carbocycles. The van der Waals surface area contributed by atoms with Crippen LogP contribution in [0.15, 0.2) is 18.2 Å². The molecule has 5 atom stereocenters. The SMILES string of the molecule is COc1ccc(NC2CC3CC2C2CCCC32)c(C)c1. The Morgan fingerprint density at radius 2 is 1.95 bits per heavy atom. The van der Waals surface area contributed by atoms with Gasteiger partial charge >= 0.3 is 0 Å². The molecular weight excluding hydrogens is 246 g/mol. The number of fused-ring (bicyclic) bond motifs is 5. The molecule has 4 rings (SSSR count). The average molecular weight is 271 g/mol. The zero-order valence-corrected chi connectivity index (χ0v) is 12.6. The lowest BCUT2D eigenvalue weighted by Crippen LogP contribution is -2.34. The summed E-state index contributed by atoms with van der Waals surface area (Å²) >= 11 is 0. The minimum Gasteiger partial charge on any atom is -0.497 e. The summed E-state index contributed by atoms with van der Waals surface area (Å²) in [5.74, 6) is 5.02. The zero-order chi connectivity index (χ0) is 13.7. The van der Waals surface area contributed by atoms with E-state index in [-0.39, 0.29) is 0 Å². The van der Waals surface area contributed by atoms with Gasteiger partial charge in [0.1, 0.15) is 5.75 Å². The van der Waals surface area contributed by atoms with Crippen molar-refractivity contribution in [3.8, 4) is 5.75 Å². The van der Waals surface area contributed by atoms with Crippen LogP contribution in [0.5, 0.6) is 5.75 Å². The van der Waals surface area contributed by atoms with Crippen LogP contribution in [0.3, 0.4) is 0 Å². The molecule has 3 aliphatic carbocycles. The number of rotatable bonds is 3. The van der Waals surface area contributed by atoms with Crippen molar-refractivity contribution in [1.82, 2.24) is 0 Å². The standard InChI is InChI=1S/C18H25NO/c1-11-8-13(20-2)6-7-17(11)19-18-10-12-9-16(18)15-5-3-4-14(12)15/h6-8,12,14-16,18-19H,3-5,9-10H2,1-2H3. The topological polar surface area (TPSA) is 21.3 Å². The normalized spacial score (nSPS) is 38.0. The molecule has 5 unspecified atom stereocenters. The quantitative estimate of drug-likeness (QED) is 0.888. The van der Waals surface area contributed by atoms with Gasteiger partial charge in [-0.05, 0) is 80.0 Å². The molecule has 0 aromatic heterocycles. The van der Waals surface area contributed by atoms with Gasteiger partial charge < -0.3 is 10.1 Å². The molecule has 1 aromatic rings. The molecule has 3 saturated carbocycles. The van der Waals surface area contributed by atoms with Gasteiger partial charge in [0.05, 0.1) is 7.11 Å². The van der Waals surface area contributed by atoms with Gasteiger partial charge in [-0.3, -0.25) is 0 Å². The lowest BCUT2D eigenvalue weighted by atomic mass is 9.79. The Morgan fingerprint density at radius 1 is 1.10 bits per heavy atom. The predicted molar refractivity (Wildman–Crippen MR) is 82.2 cm³/mol. The van der Waals surface area contributed by atoms with Crippen molar-refractivity contribution in [3.63, 3.8) is 0 Å². The minimum atomic E-state index is 0.714. The number of methoxy groups -OCH3 is 1. The number of benzene rings is 1. The third-order valence-electron chi connectivity index (χ3n) is 6.20. The Bertz CT molecular complexity index is 512. The first-order valence-corrected chi connectivity index (χ1v) is 8.17. The second-order valence-corrected chi connectivity index (χ2v) is 7.09. The highest BCUT2D eigenvalue weighted by atomic mass is 16.5. The molecule has 1 N–H and O–H groups in total. The van der Waals surface area contributed by atoms with E-state index in [9.17, 15) is 0 Å². The van der Waals surface area contributed by atoms with Gasteiger partial charge in [-0.25, -0.2) is 0 Å². The summed E-state index contributed by atoms with van der Waals surface area (Å²) in [6.07, 6.45) is 7.38. The van der Waals surface area contributed by atoms with Crippen LogP contribution in [0.4, 0.5) is 5.69 Å². The predicted octanol–water partition coefficient (Wildman–Crippen LogP) is 4.24. The molecule has 108 valence electrons. The summed E-state index contributed by atoms with van der Waals surface area (Å²) < 4.78 is 5.30. The van der Waals surface area contributed by atoms with E-state index in [1.165, 1.54) is 43.4 Å². The zero-order valence-electron chi connectivity index (χ0n) is 12.6. The first-order chi connectivity index (χ1) is 9.76. The number of aryl methyl sites for hydroxylation is 1. The molecule has 3 fully saturated rings. The molecule has 20 heavy (non-hydrogen) atoms. The van der Waals surface area contributed by atoms with Crippen molar-refractivity contribution in [2.45, 2.75) is 45.1 Å². The fraction of sp³-hybridized carbons (Fsp3) is 0.667. The molecule has 2 bridgehead atoms. The first kappa shape index (κ1) is 12.6. The largest absolute Gasteiger partial charge is 0.497 e. The molecular formula is C18H25NO. The molecule has 0 saturated heterocycles. The number of ether oxygens (including phenoxy) is 1. The number of hydrogen-bond donors (Lipinski definition) is 1. The first-order valence-electron chi connectivity index (χ1n) is 8.17. The second-order valence-electron chi connectivity index (χ2n) is 7.09. The summed E-state index contributed by atoms with van der Waals surface area (Å²) in [6, 6.07) is 7.10. The molecule has 0 radical (unpaired) electrons. The van der Waals surface area contributed by atoms with E-state index in [0.29, 0.717) is 6.04 Å². The van der Waals surface area contributed by atoms with Crippen LogP contribution in [0, 0.1) is 30.6 Å². The maximum absolute atomic E-state index is 5.30. The molecule has 0 amide bonds. The van der Waals surface area contributed by atoms with E-state index in [1.54, 1.807) is 7.11 Å². The second kappa shape index (κ2) is 4.68. The van der Waals surface area contributed by atoms with Gasteiger partial charge in [-0.2, -0.15) is 0 Å². The van der Waals surface area contributed by atoms with E-state index < -0.39 is 0 Å². The van der Waals surface area contributed by atoms with E-state index in [2.05, 4.69) is 30.4 Å². The highest BCUT2D eigenvalue weighted by Gasteiger charge is 2.53. The molecule has 0 aliphatic heterocycles. The highest BCUT2D eigenvalue weighted by Crippen LogP contribution is 2.59. The van der Waals surface area contributed by atoms with Crippen molar-refractivity contribution < 1.29 is 4.74 Å². The molecule has 0 spiro atoms. The van der Waals surface area contributed by atoms with Gasteiger partial charge in [0.15, 0.2) is 0 Å². The van der Waals surface area contributed by atoms with Crippen molar-refractivity contribution in [3.05, 3.63) is 23.8 Å². The molecule has 2 nitrogen and oxygen atoms in total. The van der Waals surface area contributed by atoms with Crippen LogP contribution in [-0.2, 0) is 0 Å². The van der Waals surface area contributed by atoms with Gasteiger partial charge in [-0.1, -0.05) is 6.42 Å². The Labute approximate surface area is 121 Å². The van der Waals surface area contributed by atoms with E-state index >= 15 is 0 Å². The number of anilines is 1. The Kier molecular flexibility index (Phi) is 2.94. The van der Waals surface area contributed by atoms with Crippen molar-refractivity contribution >= 4 is 5.69 Å². The van der Waals surface area contributed by atoms with Gasteiger partial charge in [0.2, 0.25) is 0 Å². The van der Waals surface area contributed by atoms with Crippen molar-refractivity contribution in [2.24, 2.45) is 23.7 Å². The van der Waals surface area contributed by atoms with E-state index in [4.69, 9.17) is 4.74 Å². The maximum atomic E-state index is 5.30. The lowest BCUT2D eigenvalue weighted by molar-refractivity contribution is 0.243. The molecule has 0 heterocycles. The van der Waals surface area contributed by atoms with Crippen LogP contribution in [-0.4, -0.2) is 13.2 Å². The van der Waals surface area contributed by atoms with E-state index in [1.807, 2.05) is 0 Å². The van der Waals surface area contributed by atoms with Crippen LogP contribution < -0.4 is 10.1 Å². The number of hydrogen-bond acceptors (Lipinski definition) is 2. The summed E-state index contributed by atoms with van der Waals surface area (Å²) in [7, 11) is 1.73. The molecule has 2 heteroatoms. The van der Waals surface area contributed by atoms with Gasteiger partial charge in [0, 0.05) is 11.7 Å². The number of nitrogens with one attached hydrogen (secondary N) is 1.